The van der Waals surface area contributed by atoms with Gasteiger partial charge in [-0.05, 0) is 82.7 Å². The minimum Gasteiger partial charge on any atom is -0.545 e. The Kier molecular flexibility index (Phi) is 81.4. The van der Waals surface area contributed by atoms with Crippen LogP contribution in [0.25, 0.3) is 0 Å². The number of methoxy groups -OCH3 is 1. The number of ether oxygens (including phenoxy) is 2. The summed E-state index contributed by atoms with van der Waals surface area (Å²) in [6, 6.07) is 0.404. The predicted octanol–water partition coefficient (Wildman–Crippen LogP) is 16.2. The van der Waals surface area contributed by atoms with Gasteiger partial charge in [-0.2, -0.15) is 0 Å². The molecule has 1 atom stereocenters. The third kappa shape index (κ3) is 69.9. The summed E-state index contributed by atoms with van der Waals surface area (Å²) in [5.41, 5.74) is 0. The Balaban J connectivity index is -0.000000221. The molecule has 1 heterocycles. The fraction of sp³-hybridized carbons (Fsp3) is 0.929. The van der Waals surface area contributed by atoms with Crippen molar-refractivity contribution in [1.82, 2.24) is 10.2 Å². The van der Waals surface area contributed by atoms with Gasteiger partial charge in [0, 0.05) is 70.3 Å². The summed E-state index contributed by atoms with van der Waals surface area (Å²) in [4.78, 5) is 42.5. The average Bonchev–Trinajstić information content (AvgIpc) is 3.75. The van der Waals surface area contributed by atoms with Crippen molar-refractivity contribution < 1.29 is 59.8 Å². The molecule has 0 saturated carbocycles. The molecule has 65 heavy (non-hydrogen) atoms. The third-order valence-electron chi connectivity index (χ3n) is 11.4. The van der Waals surface area contributed by atoms with Crippen molar-refractivity contribution >= 4 is 25.5 Å². The summed E-state index contributed by atoms with van der Waals surface area (Å²) in [5, 5.41) is 3.37. The zero-order valence-corrected chi connectivity index (χ0v) is 49.7. The molecular weight excluding hydrogens is 1030 g/mol. The molecule has 390 valence electrons. The smallest absolute Gasteiger partial charge is 0.305 e. The SMILES string of the molecule is C=O.CC.CC(C)C.CCCCCCCCC(CCCCCCCC)NC(=O)CCCCCCCOC.CCCCCCCCCOC(=O)CCCCCN1CCC(CCC)C1.[CH-]=O.[U]. The largest absolute Gasteiger partial charge is 0.545 e. The molecule has 1 aliphatic heterocycles. The van der Waals surface area contributed by atoms with Gasteiger partial charge in [-0.15, -0.1) is 0 Å². The van der Waals surface area contributed by atoms with E-state index < -0.39 is 0 Å². The zero-order chi connectivity index (χ0) is 49.2. The van der Waals surface area contributed by atoms with E-state index in [0.717, 1.165) is 57.0 Å². The standard InChI is InChI=1S/C26H53NO2.C22H43NO2.C4H10.C2H6.CH2O.CHO.U/c1-4-6-8-10-13-17-21-25(22-18-14-11-9-7-5-2)27-26(28)23-19-15-12-16-20-24-29-3;1-3-5-6-7-8-9-13-19-25-22(24)15-11-10-12-17-23-18-16-21(20-23)14-4-2;1-4(2)3;3*1-2;/h25H,4-24H2,1-3H3,(H,27,28);21H,3-20H2,1-2H3;4H,1-3H3;1-2H3;1H2;1H;/q;;;;;-1;. The Morgan fingerprint density at radius 3 is 1.46 bits per heavy atom. The Labute approximate surface area is 431 Å². The van der Waals surface area contributed by atoms with Crippen molar-refractivity contribution in [2.75, 3.05) is 40.0 Å². The number of hydrogen-bond donors (Lipinski definition) is 1. The first-order valence-corrected chi connectivity index (χ1v) is 27.4. The van der Waals surface area contributed by atoms with Crippen LogP contribution in [0.4, 0.5) is 0 Å². The van der Waals surface area contributed by atoms with Gasteiger partial charge in [-0.25, -0.2) is 0 Å². The molecule has 0 bridgehead atoms. The molecule has 1 unspecified atom stereocenters. The second kappa shape index (κ2) is 69.8. The Hall–Kier alpha value is -0.748. The van der Waals surface area contributed by atoms with Crippen LogP contribution in [0.5, 0.6) is 0 Å². The summed E-state index contributed by atoms with van der Waals surface area (Å²) >= 11 is 0. The number of nitrogens with zero attached hydrogens (tertiary/aromatic N) is 1. The molecule has 1 fully saturated rings. The van der Waals surface area contributed by atoms with E-state index in [1.807, 2.05) is 20.6 Å². The topological polar surface area (TPSA) is 102 Å². The van der Waals surface area contributed by atoms with Gasteiger partial charge in [0.15, 0.2) is 0 Å². The minimum absolute atomic E-state index is 0. The molecule has 1 N–H and O–H groups in total. The van der Waals surface area contributed by atoms with Gasteiger partial charge in [0.1, 0.15) is 6.79 Å². The van der Waals surface area contributed by atoms with E-state index in [1.54, 1.807) is 7.11 Å². The molecule has 1 aliphatic rings. The van der Waals surface area contributed by atoms with Crippen molar-refractivity contribution in [3.05, 3.63) is 0 Å². The van der Waals surface area contributed by atoms with Crippen molar-refractivity contribution in [3.8, 4) is 0 Å². The first-order valence-electron chi connectivity index (χ1n) is 27.4. The molecule has 1 saturated heterocycles. The van der Waals surface area contributed by atoms with Crippen LogP contribution < -0.4 is 5.32 Å². The van der Waals surface area contributed by atoms with E-state index in [4.69, 9.17) is 19.1 Å². The van der Waals surface area contributed by atoms with Crippen molar-refractivity contribution in [2.24, 2.45) is 11.8 Å². The van der Waals surface area contributed by atoms with Crippen molar-refractivity contribution in [3.63, 3.8) is 0 Å². The van der Waals surface area contributed by atoms with Gasteiger partial charge in [-0.1, -0.05) is 210 Å². The Morgan fingerprint density at radius 1 is 0.600 bits per heavy atom. The van der Waals surface area contributed by atoms with Crippen LogP contribution in [-0.4, -0.2) is 76.4 Å². The number of unbranched alkanes of at least 4 members (excludes halogenated alkanes) is 22. The Bertz CT molecular complexity index is 846. The number of rotatable bonds is 39. The summed E-state index contributed by atoms with van der Waals surface area (Å²) < 4.78 is 10.4. The Morgan fingerprint density at radius 2 is 1.00 bits per heavy atom. The second-order valence-electron chi connectivity index (χ2n) is 18.5. The van der Waals surface area contributed by atoms with Crippen LogP contribution in [-0.2, 0) is 28.7 Å². The van der Waals surface area contributed by atoms with E-state index in [0.29, 0.717) is 25.5 Å². The molecule has 0 aromatic heterocycles. The zero-order valence-electron chi connectivity index (χ0n) is 45.5. The van der Waals surface area contributed by atoms with Crippen LogP contribution in [0.15, 0.2) is 0 Å². The summed E-state index contributed by atoms with van der Waals surface area (Å²) in [7, 11) is 1.76. The summed E-state index contributed by atoms with van der Waals surface area (Å²) in [5.74, 6) is 2.06. The van der Waals surface area contributed by atoms with Gasteiger partial charge in [0.25, 0.3) is 0 Å². The normalized spacial score (nSPS) is 12.7. The van der Waals surface area contributed by atoms with Crippen LogP contribution in [0.2, 0.25) is 0 Å². The number of hydrogen-bond acceptors (Lipinski definition) is 7. The maximum Gasteiger partial charge on any atom is 0.305 e. The molecule has 1 rings (SSSR count). The van der Waals surface area contributed by atoms with Gasteiger partial charge >= 0.3 is 5.97 Å². The van der Waals surface area contributed by atoms with E-state index in [1.165, 1.54) is 187 Å². The van der Waals surface area contributed by atoms with Crippen molar-refractivity contribution in [2.45, 2.75) is 287 Å². The van der Waals surface area contributed by atoms with E-state index in [9.17, 15) is 9.59 Å². The molecule has 0 aromatic carbocycles. The molecule has 8 nitrogen and oxygen atoms in total. The van der Waals surface area contributed by atoms with Gasteiger partial charge in [0.2, 0.25) is 5.91 Å². The molecular formula is C56H115N2O6U-. The van der Waals surface area contributed by atoms with Crippen LogP contribution in [0.3, 0.4) is 0 Å². The molecule has 0 radical (unpaired) electrons. The number of amides is 1. The fourth-order valence-corrected chi connectivity index (χ4v) is 7.85. The van der Waals surface area contributed by atoms with Gasteiger partial charge < -0.3 is 29.3 Å². The number of likely N-dealkylation sites (tertiary alicyclic amines) is 1. The van der Waals surface area contributed by atoms with Gasteiger partial charge in [0.05, 0.1) is 6.61 Å². The first kappa shape index (κ1) is 75.8. The number of esters is 1. The fourth-order valence-electron chi connectivity index (χ4n) is 7.85. The molecule has 0 aliphatic carbocycles. The molecule has 0 spiro atoms. The number of nitrogens with one attached hydrogen (secondary N) is 1. The number of carbonyl (C=O) groups is 3. The average molecular weight is 1150 g/mol. The third-order valence-corrected chi connectivity index (χ3v) is 11.4. The van der Waals surface area contributed by atoms with E-state index >= 15 is 0 Å². The van der Waals surface area contributed by atoms with Gasteiger partial charge in [-0.3, -0.25) is 16.4 Å². The summed E-state index contributed by atoms with van der Waals surface area (Å²) in [6.07, 6.45) is 41.7. The quantitative estimate of drug-likeness (QED) is 0.0283. The first-order chi connectivity index (χ1) is 31.2. The van der Waals surface area contributed by atoms with Crippen LogP contribution in [0, 0.1) is 42.9 Å². The van der Waals surface area contributed by atoms with E-state index in [-0.39, 0.29) is 43.0 Å². The van der Waals surface area contributed by atoms with Crippen LogP contribution in [0.1, 0.15) is 281 Å². The molecule has 9 heteroatoms. The monoisotopic (exact) mass is 1150 g/mol. The maximum atomic E-state index is 12.4. The second-order valence-corrected chi connectivity index (χ2v) is 18.5. The van der Waals surface area contributed by atoms with Crippen LogP contribution >= 0.6 is 0 Å². The number of carbonyl (C=O) groups excluding carboxylic acids is 4. The predicted molar refractivity (Wildman–Crippen MR) is 280 cm³/mol. The molecule has 0 aromatic rings. The minimum atomic E-state index is 0. The summed E-state index contributed by atoms with van der Waals surface area (Å²) in [6.45, 7) is 30.1. The van der Waals surface area contributed by atoms with Crippen molar-refractivity contribution in [1.29, 1.82) is 0 Å². The maximum absolute atomic E-state index is 12.4. The van der Waals surface area contributed by atoms with E-state index in [2.05, 4.69) is 65.5 Å². The molecule has 1 amide bonds.